The van der Waals surface area contributed by atoms with Crippen molar-refractivity contribution in [3.63, 3.8) is 0 Å². The first-order chi connectivity index (χ1) is 9.60. The molecule has 0 spiro atoms. The number of halogens is 2. The third-order valence-corrected chi connectivity index (χ3v) is 4.85. The SMILES string of the molecule is CCNC(CCN1CCC(C)C1)c1ccc(Br)cc1Cl. The minimum absolute atomic E-state index is 0.344. The molecule has 1 aliphatic rings. The van der Waals surface area contributed by atoms with E-state index in [2.05, 4.69) is 52.1 Å². The number of benzene rings is 1. The molecule has 112 valence electrons. The number of rotatable bonds is 6. The summed E-state index contributed by atoms with van der Waals surface area (Å²) in [5, 5.41) is 4.42. The second-order valence-electron chi connectivity index (χ2n) is 5.76. The molecule has 0 radical (unpaired) electrons. The molecule has 2 nitrogen and oxygen atoms in total. The highest BCUT2D eigenvalue weighted by molar-refractivity contribution is 9.10. The van der Waals surface area contributed by atoms with Gasteiger partial charge in [0.05, 0.1) is 0 Å². The molecule has 1 N–H and O–H groups in total. The maximum Gasteiger partial charge on any atom is 0.0465 e. The smallest absolute Gasteiger partial charge is 0.0465 e. The molecule has 0 amide bonds. The van der Waals surface area contributed by atoms with Crippen LogP contribution < -0.4 is 5.32 Å². The molecule has 1 aliphatic heterocycles. The van der Waals surface area contributed by atoms with Gasteiger partial charge in [0.1, 0.15) is 0 Å². The Bertz CT molecular complexity index is 438. The Labute approximate surface area is 136 Å². The van der Waals surface area contributed by atoms with Gasteiger partial charge in [-0.1, -0.05) is 47.4 Å². The van der Waals surface area contributed by atoms with Gasteiger partial charge in [-0.05, 0) is 56.1 Å². The van der Waals surface area contributed by atoms with Crippen LogP contribution in [-0.4, -0.2) is 31.1 Å². The molecule has 20 heavy (non-hydrogen) atoms. The summed E-state index contributed by atoms with van der Waals surface area (Å²) in [6, 6.07) is 6.53. The molecule has 1 saturated heterocycles. The standard InChI is InChI=1S/C16H24BrClN2/c1-3-19-16(7-9-20-8-6-12(2)11-20)14-5-4-13(17)10-15(14)18/h4-5,10,12,16,19H,3,6-9,11H2,1-2H3. The number of nitrogens with zero attached hydrogens (tertiary/aromatic N) is 1. The third-order valence-electron chi connectivity index (χ3n) is 4.03. The van der Waals surface area contributed by atoms with E-state index in [1.165, 1.54) is 25.1 Å². The lowest BCUT2D eigenvalue weighted by molar-refractivity contribution is 0.303. The van der Waals surface area contributed by atoms with Crippen molar-refractivity contribution in [2.75, 3.05) is 26.2 Å². The fourth-order valence-corrected chi connectivity index (χ4v) is 3.74. The summed E-state index contributed by atoms with van der Waals surface area (Å²) in [5.74, 6) is 0.851. The van der Waals surface area contributed by atoms with Crippen molar-refractivity contribution in [2.45, 2.75) is 32.7 Å². The van der Waals surface area contributed by atoms with Gasteiger partial charge in [0.25, 0.3) is 0 Å². The molecule has 1 aromatic carbocycles. The average molecular weight is 360 g/mol. The average Bonchev–Trinajstić information content (AvgIpc) is 2.81. The van der Waals surface area contributed by atoms with Crippen LogP contribution in [0.3, 0.4) is 0 Å². The minimum atomic E-state index is 0.344. The molecule has 1 aromatic rings. The maximum atomic E-state index is 6.39. The third kappa shape index (κ3) is 4.45. The number of likely N-dealkylation sites (tertiary alicyclic amines) is 1. The Morgan fingerprint density at radius 1 is 1.50 bits per heavy atom. The lowest BCUT2D eigenvalue weighted by atomic mass is 10.0. The molecular formula is C16H24BrClN2. The second kappa shape index (κ2) is 7.79. The summed E-state index contributed by atoms with van der Waals surface area (Å²) in [5.41, 5.74) is 1.21. The van der Waals surface area contributed by atoms with E-state index in [1.807, 2.05) is 6.07 Å². The fourth-order valence-electron chi connectivity index (χ4n) is 2.94. The highest BCUT2D eigenvalue weighted by Crippen LogP contribution is 2.29. The molecule has 1 fully saturated rings. The first-order valence-corrected chi connectivity index (χ1v) is 8.68. The maximum absolute atomic E-state index is 6.39. The fraction of sp³-hybridized carbons (Fsp3) is 0.625. The summed E-state index contributed by atoms with van der Waals surface area (Å²) in [7, 11) is 0. The van der Waals surface area contributed by atoms with Crippen molar-refractivity contribution in [3.8, 4) is 0 Å². The number of hydrogen-bond donors (Lipinski definition) is 1. The van der Waals surface area contributed by atoms with E-state index in [-0.39, 0.29) is 0 Å². The van der Waals surface area contributed by atoms with Crippen LogP contribution in [0.5, 0.6) is 0 Å². The van der Waals surface area contributed by atoms with Crippen molar-refractivity contribution in [3.05, 3.63) is 33.3 Å². The Morgan fingerprint density at radius 2 is 2.30 bits per heavy atom. The molecule has 1 heterocycles. The predicted molar refractivity (Wildman–Crippen MR) is 90.4 cm³/mol. The van der Waals surface area contributed by atoms with E-state index < -0.39 is 0 Å². The van der Waals surface area contributed by atoms with Crippen LogP contribution in [0.25, 0.3) is 0 Å². The highest BCUT2D eigenvalue weighted by atomic mass is 79.9. The predicted octanol–water partition coefficient (Wildman–Crippen LogP) is 4.49. The van der Waals surface area contributed by atoms with Crippen LogP contribution in [0.2, 0.25) is 5.02 Å². The van der Waals surface area contributed by atoms with Gasteiger partial charge in [0.15, 0.2) is 0 Å². The summed E-state index contributed by atoms with van der Waals surface area (Å²) < 4.78 is 1.04. The largest absolute Gasteiger partial charge is 0.310 e. The van der Waals surface area contributed by atoms with Gasteiger partial charge in [-0.15, -0.1) is 0 Å². The molecular weight excluding hydrogens is 336 g/mol. The van der Waals surface area contributed by atoms with E-state index in [4.69, 9.17) is 11.6 Å². The van der Waals surface area contributed by atoms with E-state index in [0.717, 1.165) is 34.9 Å². The van der Waals surface area contributed by atoms with Crippen LogP contribution in [0, 0.1) is 5.92 Å². The van der Waals surface area contributed by atoms with Gasteiger partial charge in [0, 0.05) is 22.1 Å². The first kappa shape index (κ1) is 16.3. The summed E-state index contributed by atoms with van der Waals surface area (Å²) in [6.45, 7) is 9.09. The normalized spacial score (nSPS) is 21.3. The van der Waals surface area contributed by atoms with E-state index >= 15 is 0 Å². The van der Waals surface area contributed by atoms with Crippen LogP contribution in [0.4, 0.5) is 0 Å². The molecule has 2 rings (SSSR count). The van der Waals surface area contributed by atoms with Crippen LogP contribution in [0.15, 0.2) is 22.7 Å². The van der Waals surface area contributed by atoms with Crippen molar-refractivity contribution < 1.29 is 0 Å². The molecule has 0 saturated carbocycles. The Kier molecular flexibility index (Phi) is 6.34. The lowest BCUT2D eigenvalue weighted by Gasteiger charge is -2.23. The quantitative estimate of drug-likeness (QED) is 0.805. The Morgan fingerprint density at radius 3 is 2.90 bits per heavy atom. The lowest BCUT2D eigenvalue weighted by Crippen LogP contribution is -2.28. The van der Waals surface area contributed by atoms with Crippen molar-refractivity contribution in [1.29, 1.82) is 0 Å². The molecule has 0 aromatic heterocycles. The molecule has 0 bridgehead atoms. The minimum Gasteiger partial charge on any atom is -0.310 e. The number of hydrogen-bond acceptors (Lipinski definition) is 2. The first-order valence-electron chi connectivity index (χ1n) is 7.50. The van der Waals surface area contributed by atoms with Crippen molar-refractivity contribution >= 4 is 27.5 Å². The van der Waals surface area contributed by atoms with Crippen LogP contribution in [0.1, 0.15) is 38.3 Å². The second-order valence-corrected chi connectivity index (χ2v) is 7.08. The topological polar surface area (TPSA) is 15.3 Å². The summed E-state index contributed by atoms with van der Waals surface area (Å²) in [4.78, 5) is 2.57. The molecule has 4 heteroatoms. The van der Waals surface area contributed by atoms with Gasteiger partial charge in [-0.3, -0.25) is 0 Å². The highest BCUT2D eigenvalue weighted by Gasteiger charge is 2.20. The van der Waals surface area contributed by atoms with Gasteiger partial charge >= 0.3 is 0 Å². The zero-order chi connectivity index (χ0) is 14.5. The van der Waals surface area contributed by atoms with Gasteiger partial charge in [-0.2, -0.15) is 0 Å². The van der Waals surface area contributed by atoms with Crippen molar-refractivity contribution in [1.82, 2.24) is 10.2 Å². The zero-order valence-corrected chi connectivity index (χ0v) is 14.7. The Balaban J connectivity index is 1.99. The summed E-state index contributed by atoms with van der Waals surface area (Å²) >= 11 is 9.87. The Hall–Kier alpha value is -0.0900. The molecule has 0 aliphatic carbocycles. The van der Waals surface area contributed by atoms with E-state index in [0.29, 0.717) is 6.04 Å². The zero-order valence-electron chi connectivity index (χ0n) is 12.3. The van der Waals surface area contributed by atoms with E-state index in [9.17, 15) is 0 Å². The molecule has 2 atom stereocenters. The van der Waals surface area contributed by atoms with E-state index in [1.54, 1.807) is 0 Å². The van der Waals surface area contributed by atoms with Crippen LogP contribution >= 0.6 is 27.5 Å². The van der Waals surface area contributed by atoms with Crippen LogP contribution in [-0.2, 0) is 0 Å². The van der Waals surface area contributed by atoms with Gasteiger partial charge in [0.2, 0.25) is 0 Å². The van der Waals surface area contributed by atoms with Gasteiger partial charge < -0.3 is 10.2 Å². The van der Waals surface area contributed by atoms with Crippen molar-refractivity contribution in [2.24, 2.45) is 5.92 Å². The molecule has 2 unspecified atom stereocenters. The van der Waals surface area contributed by atoms with Gasteiger partial charge in [-0.25, -0.2) is 0 Å². The monoisotopic (exact) mass is 358 g/mol. The number of nitrogens with one attached hydrogen (secondary N) is 1. The summed E-state index contributed by atoms with van der Waals surface area (Å²) in [6.07, 6.45) is 2.45.